The summed E-state index contributed by atoms with van der Waals surface area (Å²) in [5, 5.41) is 3.72. The molecule has 6 nitrogen and oxygen atoms in total. The van der Waals surface area contributed by atoms with Crippen LogP contribution in [0, 0.1) is 6.92 Å². The molecule has 3 aromatic rings. The minimum Gasteiger partial charge on any atom is -0.460 e. The fraction of sp³-hybridized carbons (Fsp3) is 0.333. The number of esters is 1. The molecule has 0 saturated heterocycles. The van der Waals surface area contributed by atoms with Gasteiger partial charge in [0.1, 0.15) is 11.3 Å². The van der Waals surface area contributed by atoms with Crippen LogP contribution in [0.4, 0.5) is 0 Å². The highest BCUT2D eigenvalue weighted by Gasteiger charge is 2.19. The molecule has 0 saturated carbocycles. The summed E-state index contributed by atoms with van der Waals surface area (Å²) in [6.45, 7) is 6.16. The molecule has 0 unspecified atom stereocenters. The fourth-order valence-electron chi connectivity index (χ4n) is 2.96. The molecule has 0 aliphatic rings. The van der Waals surface area contributed by atoms with Gasteiger partial charge in [0.25, 0.3) is 5.91 Å². The Hall–Kier alpha value is -3.02. The van der Waals surface area contributed by atoms with Crippen LogP contribution < -0.4 is 5.32 Å². The van der Waals surface area contributed by atoms with Crippen LogP contribution in [0.1, 0.15) is 58.3 Å². The molecule has 2 aromatic heterocycles. The number of ether oxygens (including phenoxy) is 1. The van der Waals surface area contributed by atoms with Gasteiger partial charge in [-0.25, -0.2) is 4.79 Å². The number of hydrogen-bond acceptors (Lipinski definition) is 5. The molecule has 142 valence electrons. The lowest BCUT2D eigenvalue weighted by Crippen LogP contribution is -2.22. The lowest BCUT2D eigenvalue weighted by Gasteiger charge is -2.02. The number of amides is 1. The first-order chi connectivity index (χ1) is 13.0. The monoisotopic (exact) mass is 369 g/mol. The third-order valence-corrected chi connectivity index (χ3v) is 4.31. The molecular formula is C21H23NO5. The van der Waals surface area contributed by atoms with E-state index in [1.54, 1.807) is 13.0 Å². The summed E-state index contributed by atoms with van der Waals surface area (Å²) in [5.74, 6) is 0.0200. The molecule has 0 aliphatic carbocycles. The molecule has 27 heavy (non-hydrogen) atoms. The van der Waals surface area contributed by atoms with E-state index in [0.29, 0.717) is 11.3 Å². The number of rotatable bonds is 7. The predicted molar refractivity (Wildman–Crippen MR) is 101 cm³/mol. The van der Waals surface area contributed by atoms with Crippen molar-refractivity contribution in [2.24, 2.45) is 0 Å². The number of benzene rings is 1. The smallest absolute Gasteiger partial charge is 0.374 e. The van der Waals surface area contributed by atoms with E-state index in [9.17, 15) is 9.59 Å². The average molecular weight is 369 g/mol. The number of furan rings is 2. The van der Waals surface area contributed by atoms with Crippen LogP contribution in [0.2, 0.25) is 0 Å². The van der Waals surface area contributed by atoms with Gasteiger partial charge in [-0.3, -0.25) is 4.79 Å². The molecule has 1 aromatic carbocycles. The van der Waals surface area contributed by atoms with E-state index in [1.165, 1.54) is 11.6 Å². The number of hydrogen-bond donors (Lipinski definition) is 1. The van der Waals surface area contributed by atoms with Gasteiger partial charge in [0, 0.05) is 10.9 Å². The maximum Gasteiger partial charge on any atom is 0.374 e. The zero-order valence-corrected chi connectivity index (χ0v) is 15.8. The van der Waals surface area contributed by atoms with Gasteiger partial charge in [0.2, 0.25) is 5.76 Å². The summed E-state index contributed by atoms with van der Waals surface area (Å²) in [6, 6.07) is 9.17. The molecule has 1 amide bonds. The van der Waals surface area contributed by atoms with Crippen LogP contribution in [0.3, 0.4) is 0 Å². The van der Waals surface area contributed by atoms with Crippen LogP contribution >= 0.6 is 0 Å². The maximum absolute atomic E-state index is 12.5. The molecular weight excluding hydrogens is 346 g/mol. The minimum atomic E-state index is -0.522. The third kappa shape index (κ3) is 4.05. The van der Waals surface area contributed by atoms with E-state index in [-0.39, 0.29) is 30.6 Å². The zero-order chi connectivity index (χ0) is 19.4. The molecule has 6 heteroatoms. The first-order valence-corrected chi connectivity index (χ1v) is 9.09. The zero-order valence-electron chi connectivity index (χ0n) is 15.8. The van der Waals surface area contributed by atoms with Crippen molar-refractivity contribution in [1.82, 2.24) is 5.32 Å². The van der Waals surface area contributed by atoms with Gasteiger partial charge in [0.05, 0.1) is 13.2 Å². The normalized spacial score (nSPS) is 10.9. The Morgan fingerprint density at radius 2 is 1.93 bits per heavy atom. The van der Waals surface area contributed by atoms with Gasteiger partial charge in [-0.15, -0.1) is 0 Å². The van der Waals surface area contributed by atoms with Gasteiger partial charge >= 0.3 is 5.97 Å². The summed E-state index contributed by atoms with van der Waals surface area (Å²) in [6.07, 6.45) is 2.05. The van der Waals surface area contributed by atoms with E-state index in [1.807, 2.05) is 19.1 Å². The molecule has 3 rings (SSSR count). The van der Waals surface area contributed by atoms with Crippen LogP contribution in [0.25, 0.3) is 11.0 Å². The highest BCUT2D eigenvalue weighted by atomic mass is 16.5. The fourth-order valence-corrected chi connectivity index (χ4v) is 2.96. The van der Waals surface area contributed by atoms with Crippen molar-refractivity contribution in [2.75, 3.05) is 6.61 Å². The predicted octanol–water partition coefficient (Wildman–Crippen LogP) is 4.39. The second-order valence-electron chi connectivity index (χ2n) is 6.31. The molecule has 0 radical (unpaired) electrons. The molecule has 2 heterocycles. The van der Waals surface area contributed by atoms with E-state index >= 15 is 0 Å². The molecule has 0 atom stereocenters. The van der Waals surface area contributed by atoms with E-state index in [4.69, 9.17) is 13.6 Å². The number of nitrogens with one attached hydrogen (secondary N) is 1. The second kappa shape index (κ2) is 8.12. The van der Waals surface area contributed by atoms with Crippen molar-refractivity contribution in [3.05, 3.63) is 58.7 Å². The number of fused-ring (bicyclic) bond motifs is 1. The van der Waals surface area contributed by atoms with Gasteiger partial charge in [0.15, 0.2) is 5.76 Å². The van der Waals surface area contributed by atoms with Gasteiger partial charge < -0.3 is 18.9 Å². The van der Waals surface area contributed by atoms with Gasteiger partial charge in [-0.1, -0.05) is 19.4 Å². The summed E-state index contributed by atoms with van der Waals surface area (Å²) in [4.78, 5) is 24.1. The highest BCUT2D eigenvalue weighted by Crippen LogP contribution is 2.26. The van der Waals surface area contributed by atoms with Crippen LogP contribution in [-0.2, 0) is 17.7 Å². The Morgan fingerprint density at radius 1 is 1.11 bits per heavy atom. The van der Waals surface area contributed by atoms with Gasteiger partial charge in [-0.05, 0) is 50.1 Å². The standard InChI is InChI=1S/C21H23NO5/c1-4-6-14-7-9-17-16(11-14)13(3)19(27-17)20(23)22-12-15-8-10-18(26-15)21(24)25-5-2/h7-11H,4-6,12H2,1-3H3,(H,22,23). The summed E-state index contributed by atoms with van der Waals surface area (Å²) in [5.41, 5.74) is 2.73. The van der Waals surface area contributed by atoms with Crippen molar-refractivity contribution < 1.29 is 23.2 Å². The van der Waals surface area contributed by atoms with Crippen LogP contribution in [0.5, 0.6) is 0 Å². The molecule has 0 bridgehead atoms. The first-order valence-electron chi connectivity index (χ1n) is 9.09. The van der Waals surface area contributed by atoms with Crippen LogP contribution in [0.15, 0.2) is 39.2 Å². The topological polar surface area (TPSA) is 81.7 Å². The Morgan fingerprint density at radius 3 is 2.67 bits per heavy atom. The Bertz CT molecular complexity index is 966. The number of aryl methyl sites for hydroxylation is 2. The van der Waals surface area contributed by atoms with Crippen LogP contribution in [-0.4, -0.2) is 18.5 Å². The van der Waals surface area contributed by atoms with Gasteiger partial charge in [-0.2, -0.15) is 0 Å². The van der Waals surface area contributed by atoms with E-state index in [0.717, 1.165) is 23.8 Å². The molecule has 0 spiro atoms. The van der Waals surface area contributed by atoms with E-state index < -0.39 is 5.97 Å². The van der Waals surface area contributed by atoms with Crippen molar-refractivity contribution >= 4 is 22.8 Å². The molecule has 1 N–H and O–H groups in total. The lowest BCUT2D eigenvalue weighted by atomic mass is 10.1. The van der Waals surface area contributed by atoms with Crippen molar-refractivity contribution in [2.45, 2.75) is 40.2 Å². The second-order valence-corrected chi connectivity index (χ2v) is 6.31. The van der Waals surface area contributed by atoms with Crippen molar-refractivity contribution in [1.29, 1.82) is 0 Å². The Labute approximate surface area is 157 Å². The Kier molecular flexibility index (Phi) is 5.64. The van der Waals surface area contributed by atoms with E-state index in [2.05, 4.69) is 18.3 Å². The summed E-state index contributed by atoms with van der Waals surface area (Å²) < 4.78 is 16.0. The molecule has 0 aliphatic heterocycles. The summed E-state index contributed by atoms with van der Waals surface area (Å²) in [7, 11) is 0. The van der Waals surface area contributed by atoms with Crippen molar-refractivity contribution in [3.63, 3.8) is 0 Å². The summed E-state index contributed by atoms with van der Waals surface area (Å²) >= 11 is 0. The SMILES string of the molecule is CCCc1ccc2oc(C(=O)NCc3ccc(C(=O)OCC)o3)c(C)c2c1. The largest absolute Gasteiger partial charge is 0.460 e. The number of carbonyl (C=O) groups is 2. The maximum atomic E-state index is 12.5. The highest BCUT2D eigenvalue weighted by molar-refractivity contribution is 5.99. The quantitative estimate of drug-likeness (QED) is 0.625. The third-order valence-electron chi connectivity index (χ3n) is 4.31. The van der Waals surface area contributed by atoms with Crippen molar-refractivity contribution in [3.8, 4) is 0 Å². The average Bonchev–Trinajstić information content (AvgIpc) is 3.26. The number of carbonyl (C=O) groups excluding carboxylic acids is 2. The first kappa shape index (κ1) is 18.8. The Balaban J connectivity index is 1.71. The lowest BCUT2D eigenvalue weighted by molar-refractivity contribution is 0.0488. The minimum absolute atomic E-state index is 0.115. The molecule has 0 fully saturated rings.